The van der Waals surface area contributed by atoms with Gasteiger partial charge in [-0.1, -0.05) is 37.0 Å². The molecule has 1 aromatic rings. The summed E-state index contributed by atoms with van der Waals surface area (Å²) in [6.45, 7) is 5.00. The molecule has 0 aliphatic rings. The zero-order valence-corrected chi connectivity index (χ0v) is 12.4. The minimum atomic E-state index is -0.185. The van der Waals surface area contributed by atoms with Gasteiger partial charge in [0.15, 0.2) is 0 Å². The molecular weight excluding hydrogens is 285 g/mol. The Morgan fingerprint density at radius 3 is 2.47 bits per heavy atom. The Hall–Kier alpha value is -1.31. The standard InChI is InChI=1S/C13H15Cl2N3O/c1-9(2)8-18(5-3-4-16)13(19)10-6-11(14)17-12(15)7-10/h6-7,9H,3,5,8H2,1-2H3. The van der Waals surface area contributed by atoms with Crippen molar-refractivity contribution in [1.82, 2.24) is 9.88 Å². The number of hydrogen-bond acceptors (Lipinski definition) is 3. The van der Waals surface area contributed by atoms with Gasteiger partial charge in [-0.15, -0.1) is 0 Å². The van der Waals surface area contributed by atoms with E-state index in [0.717, 1.165) is 0 Å². The van der Waals surface area contributed by atoms with Crippen LogP contribution in [0.3, 0.4) is 0 Å². The van der Waals surface area contributed by atoms with Gasteiger partial charge in [0.1, 0.15) is 10.3 Å². The minimum Gasteiger partial charge on any atom is -0.337 e. The molecule has 0 fully saturated rings. The highest BCUT2D eigenvalue weighted by Crippen LogP contribution is 2.17. The topological polar surface area (TPSA) is 57.0 Å². The Labute approximate surface area is 122 Å². The highest BCUT2D eigenvalue weighted by molar-refractivity contribution is 6.33. The van der Waals surface area contributed by atoms with Crippen LogP contribution in [0.15, 0.2) is 12.1 Å². The molecule has 0 bridgehead atoms. The first-order chi connectivity index (χ1) is 8.93. The van der Waals surface area contributed by atoms with Crippen LogP contribution in [0.5, 0.6) is 0 Å². The molecule has 0 aromatic carbocycles. The fraction of sp³-hybridized carbons (Fsp3) is 0.462. The van der Waals surface area contributed by atoms with E-state index in [2.05, 4.69) is 4.98 Å². The zero-order chi connectivity index (χ0) is 14.4. The van der Waals surface area contributed by atoms with Gasteiger partial charge < -0.3 is 4.90 Å². The number of aromatic nitrogens is 1. The Balaban J connectivity index is 2.94. The van der Waals surface area contributed by atoms with Gasteiger partial charge >= 0.3 is 0 Å². The number of hydrogen-bond donors (Lipinski definition) is 0. The number of amides is 1. The third-order valence-electron chi connectivity index (χ3n) is 2.38. The van der Waals surface area contributed by atoms with E-state index in [9.17, 15) is 4.79 Å². The van der Waals surface area contributed by atoms with Crippen molar-refractivity contribution >= 4 is 29.1 Å². The highest BCUT2D eigenvalue weighted by atomic mass is 35.5. The average Bonchev–Trinajstić information content (AvgIpc) is 2.32. The molecule has 0 saturated carbocycles. The summed E-state index contributed by atoms with van der Waals surface area (Å²) in [5.41, 5.74) is 0.392. The second-order valence-electron chi connectivity index (χ2n) is 4.55. The highest BCUT2D eigenvalue weighted by Gasteiger charge is 2.18. The maximum atomic E-state index is 12.4. The van der Waals surface area contributed by atoms with Gasteiger partial charge in [0.2, 0.25) is 0 Å². The van der Waals surface area contributed by atoms with Gasteiger partial charge in [-0.2, -0.15) is 5.26 Å². The van der Waals surface area contributed by atoms with Crippen molar-refractivity contribution in [2.75, 3.05) is 13.1 Å². The van der Waals surface area contributed by atoms with Crippen LogP contribution in [-0.2, 0) is 0 Å². The Bertz CT molecular complexity index is 477. The number of nitrogens with zero attached hydrogens (tertiary/aromatic N) is 3. The summed E-state index contributed by atoms with van der Waals surface area (Å²) in [7, 11) is 0. The molecule has 0 aliphatic heterocycles. The molecule has 0 N–H and O–H groups in total. The van der Waals surface area contributed by atoms with Crippen LogP contribution in [0.2, 0.25) is 10.3 Å². The molecule has 6 heteroatoms. The third kappa shape index (κ3) is 5.06. The Kier molecular flexibility index (Phi) is 6.07. The Morgan fingerprint density at radius 2 is 2.00 bits per heavy atom. The van der Waals surface area contributed by atoms with E-state index in [1.807, 2.05) is 19.9 Å². The van der Waals surface area contributed by atoms with E-state index in [0.29, 0.717) is 31.0 Å². The molecule has 1 rings (SSSR count). The minimum absolute atomic E-state index is 0.181. The first-order valence-corrected chi connectivity index (χ1v) is 6.69. The molecular formula is C13H15Cl2N3O. The second kappa shape index (κ2) is 7.32. The monoisotopic (exact) mass is 299 g/mol. The smallest absolute Gasteiger partial charge is 0.254 e. The summed E-state index contributed by atoms with van der Waals surface area (Å²) < 4.78 is 0. The van der Waals surface area contributed by atoms with E-state index < -0.39 is 0 Å². The molecule has 0 atom stereocenters. The fourth-order valence-corrected chi connectivity index (χ4v) is 2.13. The number of nitriles is 1. The van der Waals surface area contributed by atoms with Crippen molar-refractivity contribution in [3.8, 4) is 6.07 Å². The van der Waals surface area contributed by atoms with E-state index in [4.69, 9.17) is 28.5 Å². The third-order valence-corrected chi connectivity index (χ3v) is 2.76. The zero-order valence-electron chi connectivity index (χ0n) is 10.9. The SMILES string of the molecule is CC(C)CN(CCC#N)C(=O)c1cc(Cl)nc(Cl)c1. The molecule has 0 saturated heterocycles. The Morgan fingerprint density at radius 1 is 1.42 bits per heavy atom. The summed E-state index contributed by atoms with van der Waals surface area (Å²) in [6, 6.07) is 5.01. The molecule has 4 nitrogen and oxygen atoms in total. The lowest BCUT2D eigenvalue weighted by Gasteiger charge is -2.23. The van der Waals surface area contributed by atoms with Crippen LogP contribution >= 0.6 is 23.2 Å². The molecule has 0 aliphatic carbocycles. The summed E-state index contributed by atoms with van der Waals surface area (Å²) in [6.07, 6.45) is 0.297. The van der Waals surface area contributed by atoms with Gasteiger partial charge in [0.25, 0.3) is 5.91 Å². The van der Waals surface area contributed by atoms with E-state index in [-0.39, 0.29) is 16.2 Å². The van der Waals surface area contributed by atoms with Crippen LogP contribution in [-0.4, -0.2) is 28.9 Å². The van der Waals surface area contributed by atoms with Crippen LogP contribution in [0.25, 0.3) is 0 Å². The maximum absolute atomic E-state index is 12.4. The molecule has 19 heavy (non-hydrogen) atoms. The van der Waals surface area contributed by atoms with Crippen molar-refractivity contribution in [3.05, 3.63) is 28.0 Å². The van der Waals surface area contributed by atoms with Crippen molar-refractivity contribution < 1.29 is 4.79 Å². The lowest BCUT2D eigenvalue weighted by molar-refractivity contribution is 0.0740. The number of rotatable bonds is 5. The van der Waals surface area contributed by atoms with Crippen LogP contribution in [0, 0.1) is 17.2 Å². The average molecular weight is 300 g/mol. The number of halogens is 2. The van der Waals surface area contributed by atoms with Gasteiger partial charge in [-0.05, 0) is 18.1 Å². The normalized spacial score (nSPS) is 10.3. The molecule has 1 heterocycles. The summed E-state index contributed by atoms with van der Waals surface area (Å²) >= 11 is 11.6. The molecule has 0 radical (unpaired) electrons. The molecule has 1 aromatic heterocycles. The van der Waals surface area contributed by atoms with E-state index in [1.54, 1.807) is 4.90 Å². The number of carbonyl (C=O) groups excluding carboxylic acids is 1. The van der Waals surface area contributed by atoms with Crippen molar-refractivity contribution in [2.45, 2.75) is 20.3 Å². The molecule has 0 spiro atoms. The lowest BCUT2D eigenvalue weighted by atomic mass is 10.1. The first-order valence-electron chi connectivity index (χ1n) is 5.93. The summed E-state index contributed by atoms with van der Waals surface area (Å²) in [5.74, 6) is 0.130. The van der Waals surface area contributed by atoms with Crippen molar-refractivity contribution in [2.24, 2.45) is 5.92 Å². The second-order valence-corrected chi connectivity index (χ2v) is 5.33. The van der Waals surface area contributed by atoms with Gasteiger partial charge in [-0.3, -0.25) is 4.79 Å². The predicted molar refractivity (Wildman–Crippen MR) is 75.2 cm³/mol. The lowest BCUT2D eigenvalue weighted by Crippen LogP contribution is -2.35. The predicted octanol–water partition coefficient (Wildman–Crippen LogP) is 3.40. The quantitative estimate of drug-likeness (QED) is 0.783. The van der Waals surface area contributed by atoms with Gasteiger partial charge in [0, 0.05) is 18.7 Å². The summed E-state index contributed by atoms with van der Waals surface area (Å²) in [4.78, 5) is 17.8. The molecule has 0 unspecified atom stereocenters. The number of pyridine rings is 1. The molecule has 1 amide bonds. The van der Waals surface area contributed by atoms with Crippen LogP contribution in [0.4, 0.5) is 0 Å². The van der Waals surface area contributed by atoms with Gasteiger partial charge in [-0.25, -0.2) is 4.98 Å². The molecule has 102 valence electrons. The van der Waals surface area contributed by atoms with Crippen LogP contribution in [0.1, 0.15) is 30.6 Å². The van der Waals surface area contributed by atoms with Crippen LogP contribution < -0.4 is 0 Å². The maximum Gasteiger partial charge on any atom is 0.254 e. The number of carbonyl (C=O) groups is 1. The first kappa shape index (κ1) is 15.7. The fourth-order valence-electron chi connectivity index (χ4n) is 1.67. The largest absolute Gasteiger partial charge is 0.337 e. The van der Waals surface area contributed by atoms with Crippen molar-refractivity contribution in [1.29, 1.82) is 5.26 Å². The summed E-state index contributed by atoms with van der Waals surface area (Å²) in [5, 5.41) is 9.01. The van der Waals surface area contributed by atoms with E-state index in [1.165, 1.54) is 12.1 Å². The van der Waals surface area contributed by atoms with Gasteiger partial charge in [0.05, 0.1) is 12.5 Å². The van der Waals surface area contributed by atoms with Crippen molar-refractivity contribution in [3.63, 3.8) is 0 Å². The van der Waals surface area contributed by atoms with E-state index >= 15 is 0 Å².